The van der Waals surface area contributed by atoms with E-state index in [1.165, 1.54) is 6.07 Å². The zero-order valence-electron chi connectivity index (χ0n) is 19.1. The maximum atomic E-state index is 15.3. The number of nitrogen functional groups attached to an aromatic ring is 1. The van der Waals surface area contributed by atoms with Crippen LogP contribution in [0.15, 0.2) is 18.5 Å². The fraction of sp³-hybridized carbons (Fsp3) is 0.435. The predicted molar refractivity (Wildman–Crippen MR) is 124 cm³/mol. The van der Waals surface area contributed by atoms with E-state index in [-0.39, 0.29) is 22.4 Å². The first kappa shape index (κ1) is 23.3. The molecule has 33 heavy (non-hydrogen) atoms. The van der Waals surface area contributed by atoms with E-state index in [4.69, 9.17) is 31.8 Å². The highest BCUT2D eigenvalue weighted by molar-refractivity contribution is 6.31. The molecule has 1 saturated heterocycles. The van der Waals surface area contributed by atoms with Crippen LogP contribution in [0.25, 0.3) is 5.52 Å². The van der Waals surface area contributed by atoms with Crippen molar-refractivity contribution in [2.24, 2.45) is 0 Å². The van der Waals surface area contributed by atoms with Crippen molar-refractivity contribution in [1.82, 2.24) is 19.3 Å². The van der Waals surface area contributed by atoms with Gasteiger partial charge in [-0.15, -0.1) is 0 Å². The molecule has 0 aliphatic carbocycles. The van der Waals surface area contributed by atoms with Gasteiger partial charge in [-0.25, -0.2) is 14.4 Å². The van der Waals surface area contributed by atoms with E-state index < -0.39 is 17.6 Å². The second kappa shape index (κ2) is 9.15. The highest BCUT2D eigenvalue weighted by atomic mass is 35.5. The highest BCUT2D eigenvalue weighted by Crippen LogP contribution is 2.40. The standard InChI is InChI=1S/C23H27ClFN5O3/c1-12(2)33-20-15(13(3)22-28-14(4)19-21(26)27-5-6-30(19)22)11-16(24)18(25)17(20)23(31)29-7-9-32-10-8-29/h5-6,11-13H,7-10H2,1-4H3,(H2,26,27)/t13-/m0/s1. The van der Waals surface area contributed by atoms with Crippen LogP contribution in [0.1, 0.15) is 54.1 Å². The van der Waals surface area contributed by atoms with Gasteiger partial charge in [0, 0.05) is 37.0 Å². The number of morpholine rings is 1. The lowest BCUT2D eigenvalue weighted by Gasteiger charge is -2.29. The van der Waals surface area contributed by atoms with E-state index in [0.29, 0.717) is 54.7 Å². The van der Waals surface area contributed by atoms with E-state index in [9.17, 15) is 4.79 Å². The summed E-state index contributed by atoms with van der Waals surface area (Å²) < 4.78 is 28.6. The van der Waals surface area contributed by atoms with Gasteiger partial charge in [0.05, 0.1) is 30.0 Å². The molecule has 1 aliphatic heterocycles. The third-order valence-electron chi connectivity index (χ3n) is 5.70. The lowest BCUT2D eigenvalue weighted by Crippen LogP contribution is -2.41. The number of amides is 1. The van der Waals surface area contributed by atoms with E-state index in [0.717, 1.165) is 0 Å². The topological polar surface area (TPSA) is 95.0 Å². The minimum atomic E-state index is -0.794. The lowest BCUT2D eigenvalue weighted by molar-refractivity contribution is 0.0296. The number of fused-ring (bicyclic) bond motifs is 1. The number of ether oxygens (including phenoxy) is 2. The van der Waals surface area contributed by atoms with Crippen LogP contribution < -0.4 is 10.5 Å². The number of aromatic nitrogens is 3. The van der Waals surface area contributed by atoms with Crippen molar-refractivity contribution >= 4 is 28.8 Å². The van der Waals surface area contributed by atoms with Crippen LogP contribution in [-0.2, 0) is 4.74 Å². The Hall–Kier alpha value is -2.91. The Bertz CT molecular complexity index is 1210. The summed E-state index contributed by atoms with van der Waals surface area (Å²) in [6.45, 7) is 8.93. The third-order valence-corrected chi connectivity index (χ3v) is 5.98. The number of hydrogen-bond donors (Lipinski definition) is 1. The third kappa shape index (κ3) is 4.22. The van der Waals surface area contributed by atoms with Gasteiger partial charge in [-0.3, -0.25) is 9.20 Å². The Morgan fingerprint density at radius 2 is 2.00 bits per heavy atom. The largest absolute Gasteiger partial charge is 0.490 e. The molecule has 3 aromatic rings. The van der Waals surface area contributed by atoms with Crippen LogP contribution in [-0.4, -0.2) is 57.6 Å². The fourth-order valence-electron chi connectivity index (χ4n) is 4.14. The number of anilines is 1. The van der Waals surface area contributed by atoms with Gasteiger partial charge >= 0.3 is 0 Å². The number of halogens is 2. The van der Waals surface area contributed by atoms with Gasteiger partial charge in [-0.2, -0.15) is 0 Å². The van der Waals surface area contributed by atoms with Crippen LogP contribution in [0.2, 0.25) is 5.02 Å². The number of carbonyl (C=O) groups is 1. The number of nitrogens with two attached hydrogens (primary N) is 1. The van der Waals surface area contributed by atoms with E-state index >= 15 is 4.39 Å². The summed E-state index contributed by atoms with van der Waals surface area (Å²) in [5, 5.41) is -0.150. The molecule has 4 rings (SSSR count). The number of benzene rings is 1. The van der Waals surface area contributed by atoms with Crippen LogP contribution in [0.4, 0.5) is 10.2 Å². The van der Waals surface area contributed by atoms with Gasteiger partial charge in [0.15, 0.2) is 5.82 Å². The number of hydrogen-bond acceptors (Lipinski definition) is 6. The van der Waals surface area contributed by atoms with E-state index in [2.05, 4.69) is 4.98 Å². The Morgan fingerprint density at radius 3 is 2.67 bits per heavy atom. The molecular weight excluding hydrogens is 449 g/mol. The number of imidazole rings is 1. The zero-order valence-corrected chi connectivity index (χ0v) is 19.8. The molecule has 1 amide bonds. The minimum Gasteiger partial charge on any atom is -0.490 e. The summed E-state index contributed by atoms with van der Waals surface area (Å²) in [5.41, 5.74) is 7.88. The molecule has 2 aromatic heterocycles. The van der Waals surface area contributed by atoms with Crippen molar-refractivity contribution in [3.63, 3.8) is 0 Å². The maximum Gasteiger partial charge on any atom is 0.260 e. The SMILES string of the molecule is Cc1nc([C@@H](C)c2cc(Cl)c(F)c(C(=O)N3CCOCC3)c2OC(C)C)n2ccnc(N)c12. The second-order valence-corrected chi connectivity index (χ2v) is 8.75. The summed E-state index contributed by atoms with van der Waals surface area (Å²) in [7, 11) is 0. The van der Waals surface area contributed by atoms with Crippen molar-refractivity contribution in [1.29, 1.82) is 0 Å². The Kier molecular flexibility index (Phi) is 6.45. The first-order valence-electron chi connectivity index (χ1n) is 10.8. The molecule has 1 aliphatic rings. The van der Waals surface area contributed by atoms with E-state index in [1.54, 1.807) is 17.3 Å². The highest BCUT2D eigenvalue weighted by Gasteiger charge is 2.32. The molecule has 0 unspecified atom stereocenters. The van der Waals surface area contributed by atoms with Crippen molar-refractivity contribution in [3.05, 3.63) is 51.9 Å². The van der Waals surface area contributed by atoms with Gasteiger partial charge < -0.3 is 20.1 Å². The van der Waals surface area contributed by atoms with Crippen LogP contribution in [0.5, 0.6) is 5.75 Å². The molecule has 176 valence electrons. The molecule has 0 spiro atoms. The zero-order chi connectivity index (χ0) is 23.9. The molecule has 1 fully saturated rings. The van der Waals surface area contributed by atoms with Crippen LogP contribution >= 0.6 is 11.6 Å². The first-order chi connectivity index (χ1) is 15.7. The van der Waals surface area contributed by atoms with Gasteiger partial charge in [-0.1, -0.05) is 18.5 Å². The molecule has 2 N–H and O–H groups in total. The molecule has 0 saturated carbocycles. The van der Waals surface area contributed by atoms with Gasteiger partial charge in [-0.05, 0) is 26.8 Å². The quantitative estimate of drug-likeness (QED) is 0.602. The van der Waals surface area contributed by atoms with Crippen molar-refractivity contribution in [2.75, 3.05) is 32.0 Å². The molecule has 0 bridgehead atoms. The summed E-state index contributed by atoms with van der Waals surface area (Å²) >= 11 is 6.31. The van der Waals surface area contributed by atoms with Gasteiger partial charge in [0.25, 0.3) is 5.91 Å². The average molecular weight is 476 g/mol. The number of rotatable bonds is 5. The lowest BCUT2D eigenvalue weighted by atomic mass is 9.95. The fourth-order valence-corrected chi connectivity index (χ4v) is 4.35. The molecule has 8 nitrogen and oxygen atoms in total. The smallest absolute Gasteiger partial charge is 0.260 e. The Labute approximate surface area is 196 Å². The van der Waals surface area contributed by atoms with Crippen molar-refractivity contribution in [3.8, 4) is 5.75 Å². The Balaban J connectivity index is 1.90. The summed E-state index contributed by atoms with van der Waals surface area (Å²) in [5.74, 6) is -0.474. The Morgan fingerprint density at radius 1 is 1.30 bits per heavy atom. The van der Waals surface area contributed by atoms with Crippen molar-refractivity contribution < 1.29 is 18.7 Å². The summed E-state index contributed by atoms with van der Waals surface area (Å²) in [6.07, 6.45) is 3.06. The molecule has 3 heterocycles. The normalized spacial score (nSPS) is 15.3. The first-order valence-corrected chi connectivity index (χ1v) is 11.2. The second-order valence-electron chi connectivity index (χ2n) is 8.35. The number of carbonyl (C=O) groups excluding carboxylic acids is 1. The maximum absolute atomic E-state index is 15.3. The molecule has 1 aromatic carbocycles. The number of nitrogens with zero attached hydrogens (tertiary/aromatic N) is 4. The van der Waals surface area contributed by atoms with Crippen molar-refractivity contribution in [2.45, 2.75) is 39.7 Å². The van der Waals surface area contributed by atoms with Gasteiger partial charge in [0.1, 0.15) is 28.5 Å². The molecular formula is C23H27ClFN5O3. The number of aryl methyl sites for hydroxylation is 1. The molecule has 0 radical (unpaired) electrons. The van der Waals surface area contributed by atoms with Gasteiger partial charge in [0.2, 0.25) is 0 Å². The summed E-state index contributed by atoms with van der Waals surface area (Å²) in [4.78, 5) is 23.8. The van der Waals surface area contributed by atoms with E-state index in [1.807, 2.05) is 32.1 Å². The molecule has 1 atom stereocenters. The van der Waals surface area contributed by atoms with Crippen LogP contribution in [0.3, 0.4) is 0 Å². The predicted octanol–water partition coefficient (Wildman–Crippen LogP) is 3.82. The van der Waals surface area contributed by atoms with Crippen LogP contribution in [0, 0.1) is 12.7 Å². The summed E-state index contributed by atoms with van der Waals surface area (Å²) in [6, 6.07) is 1.51. The molecule has 10 heteroatoms. The minimum absolute atomic E-state index is 0.150. The average Bonchev–Trinajstić information content (AvgIpc) is 3.13. The monoisotopic (exact) mass is 475 g/mol.